The van der Waals surface area contributed by atoms with Crippen LogP contribution in [0.5, 0.6) is 11.5 Å². The standard InChI is InChI=1S/C26H28N2O3/c1-3-4-17-30-24-13-9-21(10-14-24)18-27-28-26(29)23-11-15-25(16-12-23)31-19-22-7-5-20(2)6-8-22/h5-16,18H,3-4,17,19H2,1-2H3,(H,28,29)/b27-18+. The van der Waals surface area contributed by atoms with Gasteiger partial charge in [0.2, 0.25) is 0 Å². The number of hydrogen-bond donors (Lipinski definition) is 1. The van der Waals surface area contributed by atoms with E-state index >= 15 is 0 Å². The molecule has 0 radical (unpaired) electrons. The summed E-state index contributed by atoms with van der Waals surface area (Å²) in [6.07, 6.45) is 3.75. The Balaban J connectivity index is 1.46. The van der Waals surface area contributed by atoms with Crippen LogP contribution in [0.2, 0.25) is 0 Å². The van der Waals surface area contributed by atoms with E-state index in [0.717, 1.165) is 36.3 Å². The fourth-order valence-corrected chi connectivity index (χ4v) is 2.77. The zero-order valence-corrected chi connectivity index (χ0v) is 18.0. The maximum Gasteiger partial charge on any atom is 0.271 e. The van der Waals surface area contributed by atoms with Crippen LogP contribution >= 0.6 is 0 Å². The second-order valence-corrected chi connectivity index (χ2v) is 7.27. The zero-order chi connectivity index (χ0) is 21.9. The minimum absolute atomic E-state index is 0.277. The number of nitrogens with one attached hydrogen (secondary N) is 1. The number of hydrazone groups is 1. The highest BCUT2D eigenvalue weighted by Gasteiger charge is 2.05. The van der Waals surface area contributed by atoms with Gasteiger partial charge in [-0.15, -0.1) is 0 Å². The summed E-state index contributed by atoms with van der Waals surface area (Å²) in [5.74, 6) is 1.27. The third kappa shape index (κ3) is 7.30. The largest absolute Gasteiger partial charge is 0.494 e. The van der Waals surface area contributed by atoms with E-state index in [1.807, 2.05) is 36.4 Å². The van der Waals surface area contributed by atoms with Crippen molar-refractivity contribution in [1.82, 2.24) is 5.43 Å². The summed E-state index contributed by atoms with van der Waals surface area (Å²) in [5, 5.41) is 4.03. The first-order chi connectivity index (χ1) is 15.1. The molecule has 3 rings (SSSR count). The van der Waals surface area contributed by atoms with Gasteiger partial charge in [0.1, 0.15) is 18.1 Å². The summed E-state index contributed by atoms with van der Waals surface area (Å²) in [7, 11) is 0. The fraction of sp³-hybridized carbons (Fsp3) is 0.231. The molecule has 3 aromatic rings. The maximum atomic E-state index is 12.3. The summed E-state index contributed by atoms with van der Waals surface area (Å²) in [6.45, 7) is 5.39. The van der Waals surface area contributed by atoms with Crippen molar-refractivity contribution in [3.05, 3.63) is 95.1 Å². The minimum atomic E-state index is -0.277. The summed E-state index contributed by atoms with van der Waals surface area (Å²) in [5.41, 5.74) is 6.25. The Kier molecular flexibility index (Phi) is 8.23. The second kappa shape index (κ2) is 11.6. The molecule has 5 nitrogen and oxygen atoms in total. The number of carbonyl (C=O) groups excluding carboxylic acids is 1. The molecule has 0 aromatic heterocycles. The highest BCUT2D eigenvalue weighted by molar-refractivity contribution is 5.95. The first kappa shape index (κ1) is 22.1. The van der Waals surface area contributed by atoms with Crippen LogP contribution < -0.4 is 14.9 Å². The first-order valence-electron chi connectivity index (χ1n) is 10.5. The van der Waals surface area contributed by atoms with Crippen molar-refractivity contribution in [2.45, 2.75) is 33.3 Å². The number of ether oxygens (including phenoxy) is 2. The molecule has 1 amide bonds. The summed E-state index contributed by atoms with van der Waals surface area (Å²) >= 11 is 0. The highest BCUT2D eigenvalue weighted by Crippen LogP contribution is 2.15. The van der Waals surface area contributed by atoms with Gasteiger partial charge < -0.3 is 9.47 Å². The van der Waals surface area contributed by atoms with Crippen LogP contribution in [0.4, 0.5) is 0 Å². The number of carbonyl (C=O) groups is 1. The topological polar surface area (TPSA) is 59.9 Å². The molecule has 0 unspecified atom stereocenters. The molecule has 1 N–H and O–H groups in total. The fourth-order valence-electron chi connectivity index (χ4n) is 2.77. The van der Waals surface area contributed by atoms with Crippen LogP contribution in [0.1, 0.15) is 46.8 Å². The number of nitrogens with zero attached hydrogens (tertiary/aromatic N) is 1. The van der Waals surface area contributed by atoms with Crippen molar-refractivity contribution in [3.63, 3.8) is 0 Å². The van der Waals surface area contributed by atoms with Crippen molar-refractivity contribution < 1.29 is 14.3 Å². The number of aryl methyl sites for hydroxylation is 1. The Hall–Kier alpha value is -3.60. The Bertz CT molecular complexity index is 979. The predicted molar refractivity (Wildman–Crippen MR) is 124 cm³/mol. The quantitative estimate of drug-likeness (QED) is 0.269. The Morgan fingerprint density at radius 1 is 0.903 bits per heavy atom. The third-order valence-electron chi connectivity index (χ3n) is 4.67. The molecule has 0 fully saturated rings. The van der Waals surface area contributed by atoms with Crippen LogP contribution in [-0.2, 0) is 6.61 Å². The SMILES string of the molecule is CCCCOc1ccc(/C=N/NC(=O)c2ccc(OCc3ccc(C)cc3)cc2)cc1. The lowest BCUT2D eigenvalue weighted by atomic mass is 10.2. The van der Waals surface area contributed by atoms with Crippen LogP contribution in [0.3, 0.4) is 0 Å². The van der Waals surface area contributed by atoms with Crippen molar-refractivity contribution in [1.29, 1.82) is 0 Å². The molecule has 0 bridgehead atoms. The predicted octanol–water partition coefficient (Wildman–Crippen LogP) is 5.52. The van der Waals surface area contributed by atoms with Gasteiger partial charge >= 0.3 is 0 Å². The van der Waals surface area contributed by atoms with E-state index < -0.39 is 0 Å². The molecule has 0 saturated heterocycles. The highest BCUT2D eigenvalue weighted by atomic mass is 16.5. The molecule has 31 heavy (non-hydrogen) atoms. The average Bonchev–Trinajstić information content (AvgIpc) is 2.80. The first-order valence-corrected chi connectivity index (χ1v) is 10.5. The Labute approximate surface area is 183 Å². The monoisotopic (exact) mass is 416 g/mol. The summed E-state index contributed by atoms with van der Waals surface area (Å²) in [6, 6.07) is 22.8. The molecule has 0 saturated carbocycles. The second-order valence-electron chi connectivity index (χ2n) is 7.27. The van der Waals surface area contributed by atoms with Crippen molar-refractivity contribution >= 4 is 12.1 Å². The number of hydrogen-bond acceptors (Lipinski definition) is 4. The van der Waals surface area contributed by atoms with Gasteiger partial charge in [-0.3, -0.25) is 4.79 Å². The smallest absolute Gasteiger partial charge is 0.271 e. The van der Waals surface area contributed by atoms with E-state index in [2.05, 4.69) is 36.5 Å². The lowest BCUT2D eigenvalue weighted by Crippen LogP contribution is -2.17. The molecule has 0 spiro atoms. The molecule has 0 aliphatic rings. The molecule has 0 heterocycles. The van der Waals surface area contributed by atoms with Gasteiger partial charge in [0.15, 0.2) is 0 Å². The van der Waals surface area contributed by atoms with Crippen molar-refractivity contribution in [2.75, 3.05) is 6.61 Å². The van der Waals surface area contributed by atoms with Gasteiger partial charge in [0, 0.05) is 5.56 Å². The number of amides is 1. The van der Waals surface area contributed by atoms with E-state index in [-0.39, 0.29) is 5.91 Å². The van der Waals surface area contributed by atoms with Crippen molar-refractivity contribution in [2.24, 2.45) is 5.10 Å². The van der Waals surface area contributed by atoms with Gasteiger partial charge in [-0.1, -0.05) is 43.2 Å². The minimum Gasteiger partial charge on any atom is -0.494 e. The third-order valence-corrected chi connectivity index (χ3v) is 4.67. The molecular weight excluding hydrogens is 388 g/mol. The van der Waals surface area contributed by atoms with Crippen LogP contribution in [0.25, 0.3) is 0 Å². The normalized spacial score (nSPS) is 10.8. The van der Waals surface area contributed by atoms with Gasteiger partial charge in [-0.25, -0.2) is 5.43 Å². The number of rotatable bonds is 10. The Morgan fingerprint density at radius 3 is 2.23 bits per heavy atom. The van der Waals surface area contributed by atoms with E-state index in [4.69, 9.17) is 9.47 Å². The Morgan fingerprint density at radius 2 is 1.55 bits per heavy atom. The van der Waals surface area contributed by atoms with Gasteiger partial charge in [-0.2, -0.15) is 5.10 Å². The van der Waals surface area contributed by atoms with Gasteiger partial charge in [0.05, 0.1) is 12.8 Å². The van der Waals surface area contributed by atoms with E-state index in [1.54, 1.807) is 30.5 Å². The molecule has 0 aliphatic heterocycles. The summed E-state index contributed by atoms with van der Waals surface area (Å²) in [4.78, 5) is 12.3. The lowest BCUT2D eigenvalue weighted by molar-refractivity contribution is 0.0955. The molecule has 5 heteroatoms. The zero-order valence-electron chi connectivity index (χ0n) is 18.0. The van der Waals surface area contributed by atoms with Gasteiger partial charge in [-0.05, 0) is 73.0 Å². The number of unbranched alkanes of at least 4 members (excludes halogenated alkanes) is 1. The average molecular weight is 417 g/mol. The molecule has 160 valence electrons. The molecule has 0 atom stereocenters. The lowest BCUT2D eigenvalue weighted by Gasteiger charge is -2.07. The van der Waals surface area contributed by atoms with Crippen LogP contribution in [0.15, 0.2) is 77.9 Å². The summed E-state index contributed by atoms with van der Waals surface area (Å²) < 4.78 is 11.4. The molecular formula is C26H28N2O3. The van der Waals surface area contributed by atoms with Crippen LogP contribution in [0, 0.1) is 6.92 Å². The van der Waals surface area contributed by atoms with E-state index in [0.29, 0.717) is 17.9 Å². The molecule has 3 aromatic carbocycles. The maximum absolute atomic E-state index is 12.3. The van der Waals surface area contributed by atoms with E-state index in [9.17, 15) is 4.79 Å². The van der Waals surface area contributed by atoms with Crippen molar-refractivity contribution in [3.8, 4) is 11.5 Å². The van der Waals surface area contributed by atoms with E-state index in [1.165, 1.54) is 5.56 Å². The van der Waals surface area contributed by atoms with Crippen LogP contribution in [-0.4, -0.2) is 18.7 Å². The van der Waals surface area contributed by atoms with Gasteiger partial charge in [0.25, 0.3) is 5.91 Å². The number of benzene rings is 3. The molecule has 0 aliphatic carbocycles.